The van der Waals surface area contributed by atoms with Crippen LogP contribution in [0.25, 0.3) is 0 Å². The maximum absolute atomic E-state index is 10.8. The Labute approximate surface area is 121 Å². The van der Waals surface area contributed by atoms with Crippen molar-refractivity contribution in [3.63, 3.8) is 0 Å². The largest absolute Gasteiger partial charge is 0.384 e. The Morgan fingerprint density at radius 2 is 2.00 bits per heavy atom. The van der Waals surface area contributed by atoms with Gasteiger partial charge in [0, 0.05) is 10.9 Å². The summed E-state index contributed by atoms with van der Waals surface area (Å²) in [5.41, 5.74) is 7.00. The molecule has 0 atom stereocenters. The summed E-state index contributed by atoms with van der Waals surface area (Å²) in [7, 11) is 0. The number of alkyl halides is 1. The summed E-state index contributed by atoms with van der Waals surface area (Å²) in [5.74, 6) is 0.139. The van der Waals surface area contributed by atoms with Crippen LogP contribution < -0.4 is 5.73 Å². The molecule has 1 aromatic carbocycles. The van der Waals surface area contributed by atoms with Gasteiger partial charge in [-0.3, -0.25) is 0 Å². The summed E-state index contributed by atoms with van der Waals surface area (Å²) >= 11 is 11.1. The molecular formula is C13H14Cl2N2O2. The summed E-state index contributed by atoms with van der Waals surface area (Å²) < 4.78 is 0. The minimum atomic E-state index is -0.599. The van der Waals surface area contributed by atoms with E-state index >= 15 is 0 Å². The summed E-state index contributed by atoms with van der Waals surface area (Å²) in [6.45, 7) is 0. The Morgan fingerprint density at radius 1 is 1.37 bits per heavy atom. The van der Waals surface area contributed by atoms with Gasteiger partial charge in [0.1, 0.15) is 11.7 Å². The zero-order chi connectivity index (χ0) is 13.8. The number of nitrogens with zero attached hydrogens (tertiary/aromatic N) is 1. The Hall–Kier alpha value is -1.26. The molecule has 0 unspecified atom stereocenters. The third-order valence-electron chi connectivity index (χ3n) is 3.26. The topological polar surface area (TPSA) is 64.7 Å². The molecule has 1 aliphatic rings. The minimum absolute atomic E-state index is 0.156. The van der Waals surface area contributed by atoms with Crippen LogP contribution in [0.5, 0.6) is 0 Å². The van der Waals surface area contributed by atoms with E-state index in [0.29, 0.717) is 11.8 Å². The molecule has 0 heterocycles. The molecule has 0 aliphatic heterocycles. The first kappa shape index (κ1) is 14.2. The van der Waals surface area contributed by atoms with E-state index in [9.17, 15) is 4.79 Å². The van der Waals surface area contributed by atoms with E-state index in [1.807, 2.05) is 24.3 Å². The average molecular weight is 301 g/mol. The van der Waals surface area contributed by atoms with Crippen LogP contribution in [0.2, 0.25) is 5.02 Å². The Bertz CT molecular complexity index is 482. The smallest absolute Gasteiger partial charge is 0.349 e. The standard InChI is InChI=1S/C13H14Cl2N2O2/c14-7-12(18)19-17-13(16)10-5-9(6-10)8-1-3-11(15)4-2-8/h1-4,9-10H,5-7H2,(H2,16,17). The Balaban J connectivity index is 1.85. The molecule has 102 valence electrons. The van der Waals surface area contributed by atoms with Gasteiger partial charge >= 0.3 is 5.97 Å². The van der Waals surface area contributed by atoms with Gasteiger partial charge in [-0.1, -0.05) is 28.9 Å². The average Bonchev–Trinajstić information content (AvgIpc) is 2.36. The lowest BCUT2D eigenvalue weighted by Gasteiger charge is -2.34. The normalized spacial score (nSPS) is 22.7. The van der Waals surface area contributed by atoms with E-state index < -0.39 is 5.97 Å². The molecule has 1 aromatic rings. The highest BCUT2D eigenvalue weighted by Crippen LogP contribution is 2.41. The Morgan fingerprint density at radius 3 is 2.58 bits per heavy atom. The molecule has 6 heteroatoms. The van der Waals surface area contributed by atoms with Crippen molar-refractivity contribution < 1.29 is 9.63 Å². The van der Waals surface area contributed by atoms with Gasteiger partial charge in [-0.2, -0.15) is 0 Å². The quantitative estimate of drug-likeness (QED) is 0.306. The van der Waals surface area contributed by atoms with Crippen molar-refractivity contribution in [1.82, 2.24) is 0 Å². The van der Waals surface area contributed by atoms with Gasteiger partial charge in [-0.25, -0.2) is 4.79 Å². The third kappa shape index (κ3) is 3.61. The molecule has 0 saturated heterocycles. The molecule has 4 nitrogen and oxygen atoms in total. The summed E-state index contributed by atoms with van der Waals surface area (Å²) in [4.78, 5) is 15.4. The van der Waals surface area contributed by atoms with Gasteiger partial charge in [-0.15, -0.1) is 11.6 Å². The van der Waals surface area contributed by atoms with Gasteiger partial charge in [0.15, 0.2) is 0 Å². The number of hydrogen-bond donors (Lipinski definition) is 1. The van der Waals surface area contributed by atoms with Crippen molar-refractivity contribution in [1.29, 1.82) is 0 Å². The van der Waals surface area contributed by atoms with Gasteiger partial charge in [0.25, 0.3) is 0 Å². The second-order valence-corrected chi connectivity index (χ2v) is 5.23. The van der Waals surface area contributed by atoms with Gasteiger partial charge in [0.05, 0.1) is 0 Å². The van der Waals surface area contributed by atoms with Crippen molar-refractivity contribution in [2.45, 2.75) is 18.8 Å². The van der Waals surface area contributed by atoms with Gasteiger partial charge in [0.2, 0.25) is 0 Å². The zero-order valence-electron chi connectivity index (χ0n) is 10.2. The molecule has 0 bridgehead atoms. The number of nitrogens with two attached hydrogens (primary N) is 1. The van der Waals surface area contributed by atoms with E-state index in [1.54, 1.807) is 0 Å². The van der Waals surface area contributed by atoms with Crippen molar-refractivity contribution in [3.8, 4) is 0 Å². The molecule has 1 aliphatic carbocycles. The van der Waals surface area contributed by atoms with Crippen LogP contribution in [0, 0.1) is 5.92 Å². The second kappa shape index (κ2) is 6.26. The first-order chi connectivity index (χ1) is 9.10. The molecule has 2 N–H and O–H groups in total. The number of halogens is 2. The lowest BCUT2D eigenvalue weighted by atomic mass is 9.71. The molecule has 2 rings (SSSR count). The number of benzene rings is 1. The van der Waals surface area contributed by atoms with E-state index in [1.165, 1.54) is 5.56 Å². The fourth-order valence-electron chi connectivity index (χ4n) is 2.07. The van der Waals surface area contributed by atoms with Crippen molar-refractivity contribution in [2.75, 3.05) is 5.88 Å². The van der Waals surface area contributed by atoms with Crippen LogP contribution in [0.15, 0.2) is 29.4 Å². The third-order valence-corrected chi connectivity index (χ3v) is 3.73. The van der Waals surface area contributed by atoms with Gasteiger partial charge in [-0.05, 0) is 36.5 Å². The van der Waals surface area contributed by atoms with Crippen LogP contribution >= 0.6 is 23.2 Å². The SMILES string of the molecule is NC(=NOC(=O)CCl)C1CC(c2ccc(Cl)cc2)C1. The molecular weight excluding hydrogens is 287 g/mol. The van der Waals surface area contributed by atoms with E-state index in [2.05, 4.69) is 9.99 Å². The molecule has 0 aromatic heterocycles. The van der Waals surface area contributed by atoms with Crippen molar-refractivity contribution in [3.05, 3.63) is 34.9 Å². The highest BCUT2D eigenvalue weighted by Gasteiger charge is 2.33. The first-order valence-corrected chi connectivity index (χ1v) is 6.86. The van der Waals surface area contributed by atoms with Crippen LogP contribution in [0.1, 0.15) is 24.3 Å². The van der Waals surface area contributed by atoms with Gasteiger partial charge < -0.3 is 10.6 Å². The fraction of sp³-hybridized carbons (Fsp3) is 0.385. The van der Waals surface area contributed by atoms with Crippen LogP contribution in [-0.4, -0.2) is 17.7 Å². The predicted octanol–water partition coefficient (Wildman–Crippen LogP) is 2.89. The first-order valence-electron chi connectivity index (χ1n) is 5.94. The lowest BCUT2D eigenvalue weighted by molar-refractivity contribution is -0.140. The predicted molar refractivity (Wildman–Crippen MR) is 75.4 cm³/mol. The van der Waals surface area contributed by atoms with Crippen molar-refractivity contribution >= 4 is 35.0 Å². The number of oxime groups is 1. The maximum atomic E-state index is 10.8. The molecule has 19 heavy (non-hydrogen) atoms. The van der Waals surface area contributed by atoms with E-state index in [-0.39, 0.29) is 11.8 Å². The minimum Gasteiger partial charge on any atom is -0.384 e. The van der Waals surface area contributed by atoms with E-state index in [0.717, 1.165) is 17.9 Å². The number of carbonyl (C=O) groups excluding carboxylic acids is 1. The molecule has 1 saturated carbocycles. The number of carbonyl (C=O) groups is 1. The number of hydrogen-bond acceptors (Lipinski definition) is 3. The number of rotatable bonds is 4. The van der Waals surface area contributed by atoms with Crippen LogP contribution in [-0.2, 0) is 9.63 Å². The second-order valence-electron chi connectivity index (χ2n) is 4.53. The summed E-state index contributed by atoms with van der Waals surface area (Å²) in [6, 6.07) is 7.79. The monoisotopic (exact) mass is 300 g/mol. The van der Waals surface area contributed by atoms with E-state index in [4.69, 9.17) is 28.9 Å². The fourth-order valence-corrected chi connectivity index (χ4v) is 2.24. The molecule has 0 radical (unpaired) electrons. The molecule has 1 fully saturated rings. The highest BCUT2D eigenvalue weighted by atomic mass is 35.5. The zero-order valence-corrected chi connectivity index (χ0v) is 11.7. The summed E-state index contributed by atoms with van der Waals surface area (Å²) in [5, 5.41) is 4.33. The number of amidine groups is 1. The lowest BCUT2D eigenvalue weighted by Crippen LogP contribution is -2.34. The molecule has 0 amide bonds. The summed E-state index contributed by atoms with van der Waals surface area (Å²) in [6.07, 6.45) is 1.80. The maximum Gasteiger partial charge on any atom is 0.349 e. The highest BCUT2D eigenvalue weighted by molar-refractivity contribution is 6.30. The molecule has 0 spiro atoms. The Kier molecular flexibility index (Phi) is 4.66. The van der Waals surface area contributed by atoms with Crippen LogP contribution in [0.4, 0.5) is 0 Å². The van der Waals surface area contributed by atoms with Crippen molar-refractivity contribution in [2.24, 2.45) is 16.8 Å². The van der Waals surface area contributed by atoms with Crippen LogP contribution in [0.3, 0.4) is 0 Å².